The molecule has 0 amide bonds. The fraction of sp³-hybridized carbons (Fsp3) is 0.357. The molecule has 1 aromatic rings. The minimum atomic E-state index is 0.624. The van der Waals surface area contributed by atoms with Crippen molar-refractivity contribution in [2.45, 2.75) is 13.3 Å². The van der Waals surface area contributed by atoms with E-state index >= 15 is 0 Å². The number of hydrogen-bond acceptors (Lipinski definition) is 4. The second-order valence-electron chi connectivity index (χ2n) is 4.60. The van der Waals surface area contributed by atoms with Crippen LogP contribution in [0.4, 0.5) is 5.69 Å². The molecule has 0 bridgehead atoms. The van der Waals surface area contributed by atoms with Crippen molar-refractivity contribution in [2.24, 2.45) is 10.7 Å². The third kappa shape index (κ3) is 1.74. The van der Waals surface area contributed by atoms with E-state index in [1.807, 2.05) is 0 Å². The van der Waals surface area contributed by atoms with Crippen molar-refractivity contribution in [2.75, 3.05) is 24.5 Å². The zero-order valence-electron chi connectivity index (χ0n) is 10.6. The van der Waals surface area contributed by atoms with Crippen molar-refractivity contribution >= 4 is 11.6 Å². The zero-order chi connectivity index (χ0) is 12.5. The first kappa shape index (κ1) is 11.1. The Hall–Kier alpha value is -1.97. The molecule has 0 radical (unpaired) electrons. The highest BCUT2D eigenvalue weighted by Crippen LogP contribution is 2.31. The Labute approximate surface area is 107 Å². The summed E-state index contributed by atoms with van der Waals surface area (Å²) in [7, 11) is 0. The molecule has 94 valence electrons. The molecule has 2 N–H and O–H groups in total. The number of nitrogens with zero attached hydrogens (tertiary/aromatic N) is 3. The zero-order valence-corrected chi connectivity index (χ0v) is 10.6. The van der Waals surface area contributed by atoms with E-state index in [1.165, 1.54) is 11.3 Å². The van der Waals surface area contributed by atoms with E-state index in [0.717, 1.165) is 31.9 Å². The summed E-state index contributed by atoms with van der Waals surface area (Å²) in [4.78, 5) is 8.84. The van der Waals surface area contributed by atoms with E-state index in [-0.39, 0.29) is 0 Å². The second-order valence-corrected chi connectivity index (χ2v) is 4.60. The molecule has 0 saturated carbocycles. The lowest BCUT2D eigenvalue weighted by molar-refractivity contribution is 0.472. The van der Waals surface area contributed by atoms with E-state index in [2.05, 4.69) is 52.1 Å². The van der Waals surface area contributed by atoms with Crippen LogP contribution in [-0.2, 0) is 6.42 Å². The molecule has 2 aliphatic heterocycles. The maximum absolute atomic E-state index is 5.98. The molecule has 0 aromatic heterocycles. The van der Waals surface area contributed by atoms with Crippen LogP contribution in [0.1, 0.15) is 12.5 Å². The Balaban J connectivity index is 1.89. The Bertz CT molecular complexity index is 518. The van der Waals surface area contributed by atoms with Crippen LogP contribution in [0.5, 0.6) is 0 Å². The highest BCUT2D eigenvalue weighted by Gasteiger charge is 2.23. The molecule has 3 rings (SSSR count). The van der Waals surface area contributed by atoms with Crippen LogP contribution in [0.25, 0.3) is 0 Å². The van der Waals surface area contributed by atoms with E-state index in [1.54, 1.807) is 0 Å². The van der Waals surface area contributed by atoms with Crippen molar-refractivity contribution in [3.63, 3.8) is 0 Å². The number of likely N-dealkylation sites (N-methyl/N-ethyl adjacent to an activating group) is 1. The SMILES string of the molecule is CCN1CC=C(N2CCc3ccccc32)N=C1N. The van der Waals surface area contributed by atoms with Crippen molar-refractivity contribution in [1.82, 2.24) is 4.90 Å². The summed E-state index contributed by atoms with van der Waals surface area (Å²) in [6.07, 6.45) is 3.24. The van der Waals surface area contributed by atoms with Gasteiger partial charge in [0, 0.05) is 25.3 Å². The molecular formula is C14H18N4. The molecule has 4 nitrogen and oxygen atoms in total. The molecule has 2 heterocycles. The van der Waals surface area contributed by atoms with Crippen molar-refractivity contribution in [3.05, 3.63) is 41.7 Å². The molecule has 0 spiro atoms. The van der Waals surface area contributed by atoms with Gasteiger partial charge in [0.15, 0.2) is 5.96 Å². The molecule has 1 aromatic carbocycles. The standard InChI is InChI=1S/C14H18N4/c1-2-17-9-8-13(16-14(17)15)18-10-7-11-5-3-4-6-12(11)18/h3-6,8H,2,7,9-10H2,1H3,(H2,15,16). The van der Waals surface area contributed by atoms with Gasteiger partial charge in [-0.15, -0.1) is 0 Å². The fourth-order valence-electron chi connectivity index (χ4n) is 2.56. The Morgan fingerprint density at radius 3 is 2.94 bits per heavy atom. The van der Waals surface area contributed by atoms with E-state index < -0.39 is 0 Å². The summed E-state index contributed by atoms with van der Waals surface area (Å²) in [6.45, 7) is 4.83. The first-order chi connectivity index (χ1) is 8.79. The summed E-state index contributed by atoms with van der Waals surface area (Å²) in [5.41, 5.74) is 8.64. The van der Waals surface area contributed by atoms with Gasteiger partial charge in [-0.1, -0.05) is 18.2 Å². The number of fused-ring (bicyclic) bond motifs is 1. The lowest BCUT2D eigenvalue weighted by atomic mass is 10.2. The minimum Gasteiger partial charge on any atom is -0.369 e. The molecule has 0 atom stereocenters. The van der Waals surface area contributed by atoms with Gasteiger partial charge in [-0.2, -0.15) is 4.99 Å². The summed E-state index contributed by atoms with van der Waals surface area (Å²) in [5, 5.41) is 0. The van der Waals surface area contributed by atoms with Gasteiger partial charge in [-0.05, 0) is 31.1 Å². The first-order valence-corrected chi connectivity index (χ1v) is 6.44. The first-order valence-electron chi connectivity index (χ1n) is 6.44. The summed E-state index contributed by atoms with van der Waals surface area (Å²) >= 11 is 0. The highest BCUT2D eigenvalue weighted by molar-refractivity contribution is 5.81. The largest absolute Gasteiger partial charge is 0.369 e. The third-order valence-electron chi connectivity index (χ3n) is 3.59. The smallest absolute Gasteiger partial charge is 0.198 e. The van der Waals surface area contributed by atoms with Crippen molar-refractivity contribution < 1.29 is 0 Å². The fourth-order valence-corrected chi connectivity index (χ4v) is 2.56. The normalized spacial score (nSPS) is 18.5. The monoisotopic (exact) mass is 242 g/mol. The van der Waals surface area contributed by atoms with Gasteiger partial charge in [0.25, 0.3) is 0 Å². The predicted molar refractivity (Wildman–Crippen MR) is 74.4 cm³/mol. The third-order valence-corrected chi connectivity index (χ3v) is 3.59. The minimum absolute atomic E-state index is 0.624. The number of aliphatic imine (C=N–C) groups is 1. The van der Waals surface area contributed by atoms with Crippen LogP contribution in [-0.4, -0.2) is 30.5 Å². The maximum Gasteiger partial charge on any atom is 0.198 e. The second kappa shape index (κ2) is 4.37. The number of anilines is 1. The van der Waals surface area contributed by atoms with Crippen LogP contribution in [0.15, 0.2) is 41.2 Å². The van der Waals surface area contributed by atoms with Gasteiger partial charge in [-0.25, -0.2) is 0 Å². The number of rotatable bonds is 2. The molecule has 0 fully saturated rings. The van der Waals surface area contributed by atoms with Gasteiger partial charge >= 0.3 is 0 Å². The quantitative estimate of drug-likeness (QED) is 0.855. The average molecular weight is 242 g/mol. The molecular weight excluding hydrogens is 224 g/mol. The van der Waals surface area contributed by atoms with Crippen LogP contribution >= 0.6 is 0 Å². The Kier molecular flexibility index (Phi) is 2.70. The molecule has 0 saturated heterocycles. The molecule has 4 heteroatoms. The topological polar surface area (TPSA) is 44.9 Å². The number of nitrogens with two attached hydrogens (primary N) is 1. The van der Waals surface area contributed by atoms with E-state index in [9.17, 15) is 0 Å². The molecule has 18 heavy (non-hydrogen) atoms. The highest BCUT2D eigenvalue weighted by atomic mass is 15.3. The molecule has 2 aliphatic rings. The summed E-state index contributed by atoms with van der Waals surface area (Å²) in [6, 6.07) is 8.51. The Morgan fingerprint density at radius 1 is 1.33 bits per heavy atom. The van der Waals surface area contributed by atoms with Crippen molar-refractivity contribution in [3.8, 4) is 0 Å². The molecule has 0 unspecified atom stereocenters. The van der Waals surface area contributed by atoms with Gasteiger partial charge in [0.1, 0.15) is 5.82 Å². The lowest BCUT2D eigenvalue weighted by Crippen LogP contribution is -2.41. The summed E-state index contributed by atoms with van der Waals surface area (Å²) < 4.78 is 0. The predicted octanol–water partition coefficient (Wildman–Crippen LogP) is 1.54. The van der Waals surface area contributed by atoms with Crippen LogP contribution < -0.4 is 10.6 Å². The van der Waals surface area contributed by atoms with Crippen LogP contribution in [0.2, 0.25) is 0 Å². The van der Waals surface area contributed by atoms with Crippen LogP contribution in [0, 0.1) is 0 Å². The number of hydrogen-bond donors (Lipinski definition) is 1. The van der Waals surface area contributed by atoms with Gasteiger partial charge in [0.2, 0.25) is 0 Å². The average Bonchev–Trinajstić information content (AvgIpc) is 2.82. The Morgan fingerprint density at radius 2 is 2.17 bits per heavy atom. The van der Waals surface area contributed by atoms with Crippen LogP contribution in [0.3, 0.4) is 0 Å². The van der Waals surface area contributed by atoms with E-state index in [0.29, 0.717) is 5.96 Å². The van der Waals surface area contributed by atoms with Gasteiger partial charge in [-0.3, -0.25) is 0 Å². The number of para-hydroxylation sites is 1. The number of guanidine groups is 1. The maximum atomic E-state index is 5.98. The van der Waals surface area contributed by atoms with E-state index in [4.69, 9.17) is 5.73 Å². The van der Waals surface area contributed by atoms with Gasteiger partial charge < -0.3 is 15.5 Å². The van der Waals surface area contributed by atoms with Crippen molar-refractivity contribution in [1.29, 1.82) is 0 Å². The molecule has 0 aliphatic carbocycles. The lowest BCUT2D eigenvalue weighted by Gasteiger charge is -2.28. The summed E-state index contributed by atoms with van der Waals surface area (Å²) in [5.74, 6) is 1.61. The number of benzene rings is 1. The van der Waals surface area contributed by atoms with Gasteiger partial charge in [0.05, 0.1) is 0 Å².